The lowest BCUT2D eigenvalue weighted by Gasteiger charge is -2.16. The van der Waals surface area contributed by atoms with Crippen LogP contribution in [0.15, 0.2) is 30.3 Å². The zero-order chi connectivity index (χ0) is 15.8. The monoisotopic (exact) mass is 298 g/mol. The molecule has 1 atom stereocenters. The minimum absolute atomic E-state index is 0.283. The maximum absolute atomic E-state index is 13.6. The molecule has 2 nitrogen and oxygen atoms in total. The number of nitrogens with zero attached hydrogens (tertiary/aromatic N) is 1. The highest BCUT2D eigenvalue weighted by molar-refractivity contribution is 5.35. The van der Waals surface area contributed by atoms with E-state index in [0.717, 1.165) is 17.5 Å². The molecule has 0 amide bonds. The van der Waals surface area contributed by atoms with Gasteiger partial charge in [-0.25, -0.2) is 4.39 Å². The Balaban J connectivity index is 2.40. The summed E-state index contributed by atoms with van der Waals surface area (Å²) in [6.45, 7) is 3.58. The fraction of sp³-hybridized carbons (Fsp3) is 0.267. The van der Waals surface area contributed by atoms with Crippen LogP contribution in [0.4, 0.5) is 17.6 Å². The van der Waals surface area contributed by atoms with Gasteiger partial charge in [-0.1, -0.05) is 6.07 Å². The molecule has 21 heavy (non-hydrogen) atoms. The van der Waals surface area contributed by atoms with Crippen LogP contribution in [0.25, 0.3) is 0 Å². The van der Waals surface area contributed by atoms with Crippen molar-refractivity contribution in [3.63, 3.8) is 0 Å². The van der Waals surface area contributed by atoms with Gasteiger partial charge in [-0.15, -0.1) is 0 Å². The van der Waals surface area contributed by atoms with E-state index in [1.165, 1.54) is 6.07 Å². The van der Waals surface area contributed by atoms with Gasteiger partial charge in [-0.3, -0.25) is 4.98 Å². The summed E-state index contributed by atoms with van der Waals surface area (Å²) in [6, 6.07) is 5.49. The van der Waals surface area contributed by atoms with Crippen LogP contribution in [0.2, 0.25) is 0 Å². The van der Waals surface area contributed by atoms with Gasteiger partial charge >= 0.3 is 6.18 Å². The molecule has 0 saturated heterocycles. The number of hydrogen-bond acceptors (Lipinski definition) is 2. The van der Waals surface area contributed by atoms with Crippen molar-refractivity contribution < 1.29 is 17.6 Å². The second-order valence-corrected chi connectivity index (χ2v) is 4.90. The van der Waals surface area contributed by atoms with Crippen molar-refractivity contribution in [2.24, 2.45) is 5.73 Å². The molecule has 0 bridgehead atoms. The Labute approximate surface area is 119 Å². The fourth-order valence-electron chi connectivity index (χ4n) is 2.19. The normalized spacial score (nSPS) is 13.3. The van der Waals surface area contributed by atoms with Gasteiger partial charge in [0.05, 0.1) is 11.6 Å². The highest BCUT2D eigenvalue weighted by atomic mass is 19.4. The van der Waals surface area contributed by atoms with Crippen molar-refractivity contribution >= 4 is 0 Å². The molecule has 0 spiro atoms. The summed E-state index contributed by atoms with van der Waals surface area (Å²) >= 11 is 0. The van der Waals surface area contributed by atoms with Gasteiger partial charge in [-0.2, -0.15) is 13.2 Å². The summed E-state index contributed by atoms with van der Waals surface area (Å²) in [4.78, 5) is 4.20. The van der Waals surface area contributed by atoms with E-state index in [4.69, 9.17) is 5.73 Å². The fourth-order valence-corrected chi connectivity index (χ4v) is 2.19. The summed E-state index contributed by atoms with van der Waals surface area (Å²) in [7, 11) is 0. The number of aromatic nitrogens is 1. The minimum atomic E-state index is -4.71. The average molecular weight is 298 g/mol. The molecule has 1 unspecified atom stereocenters. The lowest BCUT2D eigenvalue weighted by Crippen LogP contribution is -2.15. The number of halogens is 4. The predicted octanol–water partition coefficient (Wildman–Crippen LogP) is 3.90. The Morgan fingerprint density at radius 1 is 1.00 bits per heavy atom. The van der Waals surface area contributed by atoms with Gasteiger partial charge in [0.15, 0.2) is 0 Å². The maximum atomic E-state index is 13.6. The molecule has 2 N–H and O–H groups in total. The lowest BCUT2D eigenvalue weighted by molar-refractivity contribution is -0.140. The third-order valence-electron chi connectivity index (χ3n) is 3.12. The zero-order valence-electron chi connectivity index (χ0n) is 11.5. The number of nitrogens with two attached hydrogens (primary N) is 1. The highest BCUT2D eigenvalue weighted by Gasteiger charge is 2.34. The Kier molecular flexibility index (Phi) is 4.00. The third-order valence-corrected chi connectivity index (χ3v) is 3.12. The predicted molar refractivity (Wildman–Crippen MR) is 71.1 cm³/mol. The first-order valence-corrected chi connectivity index (χ1v) is 6.26. The van der Waals surface area contributed by atoms with E-state index in [2.05, 4.69) is 4.98 Å². The zero-order valence-corrected chi connectivity index (χ0v) is 11.5. The maximum Gasteiger partial charge on any atom is 0.419 e. The topological polar surface area (TPSA) is 38.9 Å². The highest BCUT2D eigenvalue weighted by Crippen LogP contribution is 2.33. The summed E-state index contributed by atoms with van der Waals surface area (Å²) in [5.41, 5.74) is 7.16. The smallest absolute Gasteiger partial charge is 0.320 e. The molecule has 1 aromatic heterocycles. The molecule has 0 aliphatic heterocycles. The number of hydrogen-bond donors (Lipinski definition) is 1. The van der Waals surface area contributed by atoms with Gasteiger partial charge in [0.1, 0.15) is 5.82 Å². The van der Waals surface area contributed by atoms with Crippen molar-refractivity contribution in [2.75, 3.05) is 0 Å². The molecule has 0 radical (unpaired) electrons. The van der Waals surface area contributed by atoms with Crippen LogP contribution >= 0.6 is 0 Å². The first kappa shape index (κ1) is 15.4. The Bertz CT molecular complexity index is 645. The van der Waals surface area contributed by atoms with Gasteiger partial charge in [0, 0.05) is 11.4 Å². The first-order valence-electron chi connectivity index (χ1n) is 6.26. The van der Waals surface area contributed by atoms with Crippen molar-refractivity contribution in [2.45, 2.75) is 26.1 Å². The van der Waals surface area contributed by atoms with E-state index in [0.29, 0.717) is 11.6 Å². The van der Waals surface area contributed by atoms with Crippen LogP contribution in [0.5, 0.6) is 0 Å². The molecule has 1 heterocycles. The van der Waals surface area contributed by atoms with Gasteiger partial charge in [-0.05, 0) is 49.2 Å². The molecule has 6 heteroatoms. The first-order chi connectivity index (χ1) is 9.68. The lowest BCUT2D eigenvalue weighted by atomic mass is 9.97. The van der Waals surface area contributed by atoms with Crippen LogP contribution in [-0.2, 0) is 6.18 Å². The Morgan fingerprint density at radius 2 is 1.57 bits per heavy atom. The van der Waals surface area contributed by atoms with Crippen LogP contribution < -0.4 is 5.73 Å². The van der Waals surface area contributed by atoms with E-state index in [1.807, 2.05) is 0 Å². The molecule has 0 saturated carbocycles. The van der Waals surface area contributed by atoms with E-state index in [1.54, 1.807) is 26.0 Å². The van der Waals surface area contributed by atoms with Gasteiger partial charge < -0.3 is 5.73 Å². The van der Waals surface area contributed by atoms with E-state index < -0.39 is 23.6 Å². The molecule has 0 fully saturated rings. The average Bonchev–Trinajstić information content (AvgIpc) is 2.35. The number of aryl methyl sites for hydroxylation is 2. The summed E-state index contributed by atoms with van der Waals surface area (Å²) in [5.74, 6) is -1.32. The van der Waals surface area contributed by atoms with Gasteiger partial charge in [0.25, 0.3) is 0 Å². The minimum Gasteiger partial charge on any atom is -0.320 e. The van der Waals surface area contributed by atoms with Crippen LogP contribution in [0.3, 0.4) is 0 Å². The van der Waals surface area contributed by atoms with Crippen molar-refractivity contribution in [3.8, 4) is 0 Å². The third kappa shape index (κ3) is 3.39. The number of rotatable bonds is 2. The molecular formula is C15H14F4N2. The van der Waals surface area contributed by atoms with Crippen LogP contribution in [-0.4, -0.2) is 4.98 Å². The quantitative estimate of drug-likeness (QED) is 0.854. The van der Waals surface area contributed by atoms with Gasteiger partial charge in [0.2, 0.25) is 0 Å². The molecular weight excluding hydrogens is 284 g/mol. The van der Waals surface area contributed by atoms with Crippen molar-refractivity contribution in [1.29, 1.82) is 0 Å². The van der Waals surface area contributed by atoms with Crippen molar-refractivity contribution in [1.82, 2.24) is 4.98 Å². The Morgan fingerprint density at radius 3 is 2.05 bits per heavy atom. The molecule has 0 aliphatic carbocycles. The van der Waals surface area contributed by atoms with E-state index in [9.17, 15) is 17.6 Å². The van der Waals surface area contributed by atoms with Crippen LogP contribution in [0, 0.1) is 19.7 Å². The molecule has 112 valence electrons. The SMILES string of the molecule is Cc1cc(C(N)c2ccc(C(F)(F)F)c(F)c2)cc(C)n1. The number of benzene rings is 1. The summed E-state index contributed by atoms with van der Waals surface area (Å²) in [6.07, 6.45) is -4.71. The largest absolute Gasteiger partial charge is 0.419 e. The standard InChI is InChI=1S/C15H14F4N2/c1-8-5-11(6-9(2)21-8)14(20)10-3-4-12(13(16)7-10)15(17,18)19/h3-7,14H,20H2,1-2H3. The second-order valence-electron chi connectivity index (χ2n) is 4.90. The summed E-state index contributed by atoms with van der Waals surface area (Å²) < 4.78 is 51.2. The number of pyridine rings is 1. The Hall–Kier alpha value is -1.95. The second kappa shape index (κ2) is 5.44. The summed E-state index contributed by atoms with van der Waals surface area (Å²) in [5, 5.41) is 0. The van der Waals surface area contributed by atoms with E-state index in [-0.39, 0.29) is 5.56 Å². The van der Waals surface area contributed by atoms with E-state index >= 15 is 0 Å². The van der Waals surface area contributed by atoms with Crippen molar-refractivity contribution in [3.05, 3.63) is 64.2 Å². The molecule has 1 aromatic carbocycles. The molecule has 2 rings (SSSR count). The molecule has 2 aromatic rings. The van der Waals surface area contributed by atoms with Crippen LogP contribution in [0.1, 0.15) is 34.1 Å². The number of alkyl halides is 3. The molecule has 0 aliphatic rings.